The Balaban J connectivity index is 1.74. The molecule has 3 heterocycles. The molecule has 0 radical (unpaired) electrons. The van der Waals surface area contributed by atoms with Gasteiger partial charge in [0.25, 0.3) is 0 Å². The van der Waals surface area contributed by atoms with Crippen molar-refractivity contribution < 1.29 is 0 Å². The van der Waals surface area contributed by atoms with Crippen molar-refractivity contribution in [3.05, 3.63) is 12.4 Å². The van der Waals surface area contributed by atoms with E-state index in [9.17, 15) is 0 Å². The van der Waals surface area contributed by atoms with Crippen molar-refractivity contribution in [2.45, 2.75) is 25.7 Å². The van der Waals surface area contributed by atoms with Gasteiger partial charge in [-0.25, -0.2) is 9.97 Å². The summed E-state index contributed by atoms with van der Waals surface area (Å²) < 4.78 is 0. The summed E-state index contributed by atoms with van der Waals surface area (Å²) in [5.74, 6) is 2.18. The number of nitrogens with zero attached hydrogens (tertiary/aromatic N) is 4. The molecule has 0 bridgehead atoms. The van der Waals surface area contributed by atoms with Crippen LogP contribution in [0.3, 0.4) is 0 Å². The van der Waals surface area contributed by atoms with Crippen LogP contribution in [0.15, 0.2) is 12.4 Å². The summed E-state index contributed by atoms with van der Waals surface area (Å²) in [4.78, 5) is 13.7. The van der Waals surface area contributed by atoms with Gasteiger partial charge in [-0.2, -0.15) is 0 Å². The maximum Gasteiger partial charge on any atom is 0.134 e. The zero-order valence-corrected chi connectivity index (χ0v) is 11.5. The zero-order valence-electron chi connectivity index (χ0n) is 11.5. The Kier molecular flexibility index (Phi) is 4.13. The predicted octanol–water partition coefficient (Wildman–Crippen LogP) is 1.27. The first-order valence-corrected chi connectivity index (χ1v) is 7.46. The molecule has 2 saturated heterocycles. The molecule has 5 nitrogen and oxygen atoms in total. The summed E-state index contributed by atoms with van der Waals surface area (Å²) in [6, 6.07) is 2.16. The lowest BCUT2D eigenvalue weighted by atomic mass is 10.1. The number of anilines is 2. The second-order valence-electron chi connectivity index (χ2n) is 5.37. The summed E-state index contributed by atoms with van der Waals surface area (Å²) >= 11 is 0. The van der Waals surface area contributed by atoms with Crippen molar-refractivity contribution >= 4 is 11.6 Å². The fourth-order valence-electron chi connectivity index (χ4n) is 2.88. The second kappa shape index (κ2) is 6.19. The third-order valence-electron chi connectivity index (χ3n) is 3.98. The van der Waals surface area contributed by atoms with Crippen molar-refractivity contribution in [2.75, 3.05) is 49.1 Å². The number of hydrogen-bond donors (Lipinski definition) is 1. The van der Waals surface area contributed by atoms with Gasteiger partial charge >= 0.3 is 0 Å². The average Bonchev–Trinajstić information content (AvgIpc) is 2.77. The molecule has 2 aliphatic heterocycles. The highest BCUT2D eigenvalue weighted by atomic mass is 15.2. The van der Waals surface area contributed by atoms with Crippen molar-refractivity contribution in [2.24, 2.45) is 0 Å². The van der Waals surface area contributed by atoms with E-state index in [1.54, 1.807) is 6.33 Å². The summed E-state index contributed by atoms with van der Waals surface area (Å²) in [5.41, 5.74) is 0. The van der Waals surface area contributed by atoms with E-state index < -0.39 is 0 Å². The molecule has 0 amide bonds. The van der Waals surface area contributed by atoms with Crippen LogP contribution in [-0.2, 0) is 0 Å². The highest BCUT2D eigenvalue weighted by Crippen LogP contribution is 2.21. The van der Waals surface area contributed by atoms with Gasteiger partial charge in [0.15, 0.2) is 0 Å². The number of piperidine rings is 1. The smallest absolute Gasteiger partial charge is 0.134 e. The lowest BCUT2D eigenvalue weighted by molar-refractivity contribution is 0.573. The Bertz CT molecular complexity index is 395. The summed E-state index contributed by atoms with van der Waals surface area (Å²) in [5, 5.41) is 3.43. The Morgan fingerprint density at radius 3 is 2.26 bits per heavy atom. The molecule has 0 atom stereocenters. The van der Waals surface area contributed by atoms with Crippen LogP contribution in [0.1, 0.15) is 25.7 Å². The molecular formula is C14H23N5. The molecule has 5 heteroatoms. The van der Waals surface area contributed by atoms with Gasteiger partial charge in [0.2, 0.25) is 0 Å². The Labute approximate surface area is 115 Å². The van der Waals surface area contributed by atoms with Gasteiger partial charge in [-0.3, -0.25) is 0 Å². The first kappa shape index (κ1) is 12.7. The predicted molar refractivity (Wildman–Crippen MR) is 77.8 cm³/mol. The fourth-order valence-corrected chi connectivity index (χ4v) is 2.88. The van der Waals surface area contributed by atoms with Gasteiger partial charge in [0, 0.05) is 38.8 Å². The van der Waals surface area contributed by atoms with E-state index in [-0.39, 0.29) is 0 Å². The van der Waals surface area contributed by atoms with E-state index in [1.165, 1.54) is 25.7 Å². The Morgan fingerprint density at radius 2 is 1.47 bits per heavy atom. The van der Waals surface area contributed by atoms with E-state index in [2.05, 4.69) is 31.2 Å². The third kappa shape index (κ3) is 3.15. The molecule has 104 valence electrons. The van der Waals surface area contributed by atoms with Crippen LogP contribution in [0.2, 0.25) is 0 Å². The molecule has 0 spiro atoms. The first-order valence-electron chi connectivity index (χ1n) is 7.46. The fraction of sp³-hybridized carbons (Fsp3) is 0.714. The SMILES string of the molecule is c1nc(N2CCCCC2)cc(N2CCCNCC2)n1. The molecule has 2 aliphatic rings. The van der Waals surface area contributed by atoms with Crippen LogP contribution in [0, 0.1) is 0 Å². The largest absolute Gasteiger partial charge is 0.356 e. The molecule has 0 aromatic carbocycles. The topological polar surface area (TPSA) is 44.3 Å². The van der Waals surface area contributed by atoms with E-state index in [1.807, 2.05) is 0 Å². The van der Waals surface area contributed by atoms with Crippen LogP contribution in [-0.4, -0.2) is 49.2 Å². The van der Waals surface area contributed by atoms with E-state index in [0.29, 0.717) is 0 Å². The normalized spacial score (nSPS) is 21.3. The monoisotopic (exact) mass is 261 g/mol. The molecule has 3 rings (SSSR count). The molecule has 1 N–H and O–H groups in total. The van der Waals surface area contributed by atoms with Crippen molar-refractivity contribution in [3.63, 3.8) is 0 Å². The van der Waals surface area contributed by atoms with Crippen molar-refractivity contribution in [1.82, 2.24) is 15.3 Å². The van der Waals surface area contributed by atoms with Crippen molar-refractivity contribution in [1.29, 1.82) is 0 Å². The highest BCUT2D eigenvalue weighted by Gasteiger charge is 2.15. The van der Waals surface area contributed by atoms with Crippen LogP contribution in [0.25, 0.3) is 0 Å². The van der Waals surface area contributed by atoms with E-state index in [0.717, 1.165) is 50.9 Å². The lowest BCUT2D eigenvalue weighted by Gasteiger charge is -2.29. The van der Waals surface area contributed by atoms with Gasteiger partial charge in [0.05, 0.1) is 0 Å². The van der Waals surface area contributed by atoms with E-state index >= 15 is 0 Å². The van der Waals surface area contributed by atoms with Crippen LogP contribution >= 0.6 is 0 Å². The van der Waals surface area contributed by atoms with Crippen molar-refractivity contribution in [3.8, 4) is 0 Å². The second-order valence-corrected chi connectivity index (χ2v) is 5.37. The first-order chi connectivity index (χ1) is 9.43. The van der Waals surface area contributed by atoms with Crippen LogP contribution < -0.4 is 15.1 Å². The molecule has 1 aromatic heterocycles. The van der Waals surface area contributed by atoms with Gasteiger partial charge < -0.3 is 15.1 Å². The van der Waals surface area contributed by atoms with Gasteiger partial charge in [-0.15, -0.1) is 0 Å². The number of aromatic nitrogens is 2. The molecule has 0 saturated carbocycles. The molecule has 19 heavy (non-hydrogen) atoms. The number of nitrogens with one attached hydrogen (secondary N) is 1. The maximum atomic E-state index is 4.46. The summed E-state index contributed by atoms with van der Waals surface area (Å²) in [6.45, 7) is 6.56. The molecular weight excluding hydrogens is 238 g/mol. The molecule has 0 unspecified atom stereocenters. The molecule has 0 aliphatic carbocycles. The van der Waals surface area contributed by atoms with E-state index in [4.69, 9.17) is 0 Å². The Morgan fingerprint density at radius 1 is 0.789 bits per heavy atom. The van der Waals surface area contributed by atoms with Crippen LogP contribution in [0.5, 0.6) is 0 Å². The van der Waals surface area contributed by atoms with Gasteiger partial charge in [0.1, 0.15) is 18.0 Å². The standard InChI is InChI=1S/C14H23N5/c1-2-7-18(8-3-1)13-11-14(17-12-16-13)19-9-4-5-15-6-10-19/h11-12,15H,1-10H2. The highest BCUT2D eigenvalue weighted by molar-refractivity contribution is 5.50. The number of hydrogen-bond acceptors (Lipinski definition) is 5. The third-order valence-corrected chi connectivity index (χ3v) is 3.98. The maximum absolute atomic E-state index is 4.46. The van der Waals surface area contributed by atoms with Gasteiger partial charge in [-0.1, -0.05) is 0 Å². The minimum Gasteiger partial charge on any atom is -0.356 e. The Hall–Kier alpha value is -1.36. The molecule has 1 aromatic rings. The minimum absolute atomic E-state index is 1.04. The number of rotatable bonds is 2. The summed E-state index contributed by atoms with van der Waals surface area (Å²) in [7, 11) is 0. The quantitative estimate of drug-likeness (QED) is 0.868. The minimum atomic E-state index is 1.04. The zero-order chi connectivity index (χ0) is 12.9. The van der Waals surface area contributed by atoms with Gasteiger partial charge in [-0.05, 0) is 32.2 Å². The summed E-state index contributed by atoms with van der Waals surface area (Å²) in [6.07, 6.45) is 6.83. The molecule has 2 fully saturated rings. The lowest BCUT2D eigenvalue weighted by Crippen LogP contribution is -2.32. The van der Waals surface area contributed by atoms with Crippen LogP contribution in [0.4, 0.5) is 11.6 Å². The average molecular weight is 261 g/mol.